The van der Waals surface area contributed by atoms with Crippen LogP contribution in [0.3, 0.4) is 0 Å². The lowest BCUT2D eigenvalue weighted by molar-refractivity contribution is -0.134. The molecule has 2 aromatic rings. The van der Waals surface area contributed by atoms with Crippen molar-refractivity contribution in [2.75, 3.05) is 13.2 Å². The van der Waals surface area contributed by atoms with E-state index in [0.29, 0.717) is 25.7 Å². The van der Waals surface area contributed by atoms with Gasteiger partial charge in [-0.05, 0) is 12.8 Å². The zero-order valence-corrected chi connectivity index (χ0v) is 18.7. The average molecular weight is 485 g/mol. The van der Waals surface area contributed by atoms with Crippen molar-refractivity contribution < 1.29 is 19.1 Å². The SMILES string of the molecule is O=C1CC[C@H]2CO[C@H](c3ccccc3)N12.O=C1[C@H](Br)C[C@H]2CO[C@H](c3ccccc3)N12. The molecule has 7 heteroatoms. The fourth-order valence-electron chi connectivity index (χ4n) is 4.81. The molecule has 0 N–H and O–H groups in total. The van der Waals surface area contributed by atoms with Gasteiger partial charge in [-0.25, -0.2) is 0 Å². The highest BCUT2D eigenvalue weighted by atomic mass is 79.9. The second-order valence-corrected chi connectivity index (χ2v) is 9.39. The van der Waals surface area contributed by atoms with Crippen molar-refractivity contribution in [1.82, 2.24) is 9.80 Å². The molecule has 2 amide bonds. The summed E-state index contributed by atoms with van der Waals surface area (Å²) in [5.41, 5.74) is 2.13. The minimum absolute atomic E-state index is 0.0346. The molecule has 4 fully saturated rings. The molecule has 162 valence electrons. The smallest absolute Gasteiger partial charge is 0.239 e. The number of carbonyl (C=O) groups excluding carboxylic acids is 2. The Kier molecular flexibility index (Phi) is 5.82. The summed E-state index contributed by atoms with van der Waals surface area (Å²) in [6.45, 7) is 1.33. The maximum atomic E-state index is 12.0. The van der Waals surface area contributed by atoms with E-state index in [-0.39, 0.29) is 35.1 Å². The molecular weight excluding hydrogens is 460 g/mol. The third-order valence-electron chi connectivity index (χ3n) is 6.34. The number of benzene rings is 2. The first-order valence-electron chi connectivity index (χ1n) is 10.7. The second kappa shape index (κ2) is 8.73. The van der Waals surface area contributed by atoms with E-state index in [1.807, 2.05) is 70.5 Å². The normalized spacial score (nSPS) is 31.5. The van der Waals surface area contributed by atoms with E-state index in [1.54, 1.807) is 0 Å². The molecule has 6 nitrogen and oxygen atoms in total. The van der Waals surface area contributed by atoms with Gasteiger partial charge in [0.05, 0.1) is 30.1 Å². The lowest BCUT2D eigenvalue weighted by Crippen LogP contribution is -2.32. The van der Waals surface area contributed by atoms with Gasteiger partial charge in [0, 0.05) is 17.5 Å². The summed E-state index contributed by atoms with van der Waals surface area (Å²) in [5.74, 6) is 0.378. The largest absolute Gasteiger partial charge is 0.352 e. The van der Waals surface area contributed by atoms with Gasteiger partial charge >= 0.3 is 0 Å². The number of alkyl halides is 1. The number of nitrogens with zero attached hydrogens (tertiary/aromatic N) is 2. The van der Waals surface area contributed by atoms with E-state index in [0.717, 1.165) is 24.0 Å². The third-order valence-corrected chi connectivity index (χ3v) is 7.10. The number of rotatable bonds is 2. The Morgan fingerprint density at radius 3 is 1.94 bits per heavy atom. The molecule has 4 saturated heterocycles. The van der Waals surface area contributed by atoms with Crippen LogP contribution in [0.4, 0.5) is 0 Å². The minimum Gasteiger partial charge on any atom is -0.352 e. The molecule has 0 aliphatic carbocycles. The van der Waals surface area contributed by atoms with Crippen LogP contribution in [0.1, 0.15) is 42.8 Å². The van der Waals surface area contributed by atoms with E-state index >= 15 is 0 Å². The van der Waals surface area contributed by atoms with Gasteiger partial charge in [-0.3, -0.25) is 9.59 Å². The summed E-state index contributed by atoms with van der Waals surface area (Å²) in [4.78, 5) is 27.4. The Hall–Kier alpha value is -2.22. The molecule has 0 spiro atoms. The van der Waals surface area contributed by atoms with Crippen LogP contribution in [0, 0.1) is 0 Å². The molecule has 0 unspecified atom stereocenters. The molecule has 0 aromatic heterocycles. The molecule has 4 aliphatic heterocycles. The lowest BCUT2D eigenvalue weighted by atomic mass is 10.2. The first-order chi connectivity index (χ1) is 15.1. The van der Waals surface area contributed by atoms with Crippen molar-refractivity contribution in [2.24, 2.45) is 0 Å². The van der Waals surface area contributed by atoms with E-state index in [1.165, 1.54) is 0 Å². The van der Waals surface area contributed by atoms with Crippen LogP contribution in [0.2, 0.25) is 0 Å². The quantitative estimate of drug-likeness (QED) is 0.608. The molecule has 0 saturated carbocycles. The van der Waals surface area contributed by atoms with Crippen molar-refractivity contribution in [3.63, 3.8) is 0 Å². The summed E-state index contributed by atoms with van der Waals surface area (Å²) in [7, 11) is 0. The fourth-order valence-corrected chi connectivity index (χ4v) is 5.48. The number of halogens is 1. The van der Waals surface area contributed by atoms with Gasteiger partial charge in [-0.15, -0.1) is 0 Å². The lowest BCUT2D eigenvalue weighted by Gasteiger charge is -2.22. The highest BCUT2D eigenvalue weighted by Gasteiger charge is 2.47. The molecule has 6 rings (SSSR count). The van der Waals surface area contributed by atoms with Gasteiger partial charge in [-0.2, -0.15) is 0 Å². The number of amides is 2. The van der Waals surface area contributed by atoms with Crippen molar-refractivity contribution in [3.8, 4) is 0 Å². The van der Waals surface area contributed by atoms with Gasteiger partial charge in [0.25, 0.3) is 0 Å². The van der Waals surface area contributed by atoms with Crippen LogP contribution in [0.15, 0.2) is 60.7 Å². The first kappa shape index (κ1) is 20.7. The summed E-state index contributed by atoms with van der Waals surface area (Å²) >= 11 is 3.41. The number of hydrogen-bond donors (Lipinski definition) is 0. The maximum Gasteiger partial charge on any atom is 0.239 e. The Balaban J connectivity index is 0.000000132. The average Bonchev–Trinajstić information content (AvgIpc) is 3.56. The predicted octanol–water partition coefficient (Wildman–Crippen LogP) is 3.79. The number of hydrogen-bond acceptors (Lipinski definition) is 4. The highest BCUT2D eigenvalue weighted by Crippen LogP contribution is 2.39. The van der Waals surface area contributed by atoms with E-state index < -0.39 is 0 Å². The highest BCUT2D eigenvalue weighted by molar-refractivity contribution is 9.10. The van der Waals surface area contributed by atoms with Crippen LogP contribution < -0.4 is 0 Å². The van der Waals surface area contributed by atoms with Gasteiger partial charge in [0.15, 0.2) is 12.5 Å². The standard InChI is InChI=1S/C12H12BrNO2.C12H13NO2/c13-10-6-9-7-16-12(14(9)11(10)15)8-4-2-1-3-5-8;14-11-7-6-10-8-15-12(13(10)11)9-4-2-1-3-5-9/h1-5,9-10,12H,6-7H2;1-5,10,12H,6-8H2/t9-,10+,12+;10-,12+/m00/s1. The zero-order chi connectivity index (χ0) is 21.4. The Morgan fingerprint density at radius 2 is 1.32 bits per heavy atom. The van der Waals surface area contributed by atoms with Crippen LogP contribution >= 0.6 is 15.9 Å². The Bertz CT molecular complexity index is 941. The van der Waals surface area contributed by atoms with E-state index in [4.69, 9.17) is 9.47 Å². The van der Waals surface area contributed by atoms with E-state index in [2.05, 4.69) is 15.9 Å². The van der Waals surface area contributed by atoms with Crippen LogP contribution in [-0.4, -0.2) is 51.7 Å². The van der Waals surface area contributed by atoms with Gasteiger partial charge in [0.2, 0.25) is 11.8 Å². The molecule has 5 atom stereocenters. The van der Waals surface area contributed by atoms with Gasteiger partial charge < -0.3 is 19.3 Å². The van der Waals surface area contributed by atoms with Crippen LogP contribution in [0.25, 0.3) is 0 Å². The van der Waals surface area contributed by atoms with Crippen molar-refractivity contribution in [2.45, 2.75) is 48.6 Å². The zero-order valence-electron chi connectivity index (χ0n) is 17.1. The Labute approximate surface area is 190 Å². The Morgan fingerprint density at radius 1 is 0.774 bits per heavy atom. The minimum atomic E-state index is -0.193. The van der Waals surface area contributed by atoms with Crippen LogP contribution in [-0.2, 0) is 19.1 Å². The first-order valence-corrected chi connectivity index (χ1v) is 11.7. The summed E-state index contributed by atoms with van der Waals surface area (Å²) in [6.07, 6.45) is 2.13. The molecule has 0 radical (unpaired) electrons. The molecule has 4 aliphatic rings. The molecule has 2 aromatic carbocycles. The van der Waals surface area contributed by atoms with Gasteiger partial charge in [0.1, 0.15) is 0 Å². The van der Waals surface area contributed by atoms with Gasteiger partial charge in [-0.1, -0.05) is 76.6 Å². The van der Waals surface area contributed by atoms with Crippen molar-refractivity contribution >= 4 is 27.7 Å². The monoisotopic (exact) mass is 484 g/mol. The number of fused-ring (bicyclic) bond motifs is 2. The molecule has 0 bridgehead atoms. The number of ether oxygens (including phenoxy) is 2. The summed E-state index contributed by atoms with van der Waals surface area (Å²) in [6, 6.07) is 20.4. The molecule has 31 heavy (non-hydrogen) atoms. The third kappa shape index (κ3) is 3.90. The second-order valence-electron chi connectivity index (χ2n) is 8.29. The summed E-state index contributed by atoms with van der Waals surface area (Å²) in [5, 5.41) is 0. The molecular formula is C24H25BrN2O4. The van der Waals surface area contributed by atoms with Crippen LogP contribution in [0.5, 0.6) is 0 Å². The number of carbonyl (C=O) groups is 2. The van der Waals surface area contributed by atoms with E-state index in [9.17, 15) is 9.59 Å². The maximum absolute atomic E-state index is 12.0. The predicted molar refractivity (Wildman–Crippen MR) is 118 cm³/mol. The van der Waals surface area contributed by atoms with Crippen molar-refractivity contribution in [3.05, 3.63) is 71.8 Å². The molecule has 4 heterocycles. The van der Waals surface area contributed by atoms with Crippen molar-refractivity contribution in [1.29, 1.82) is 0 Å². The topological polar surface area (TPSA) is 59.1 Å². The fraction of sp³-hybridized carbons (Fsp3) is 0.417. The summed E-state index contributed by atoms with van der Waals surface area (Å²) < 4.78 is 11.4.